The van der Waals surface area contributed by atoms with E-state index in [0.717, 1.165) is 41.1 Å². The number of alkyl halides is 3. The lowest BCUT2D eigenvalue weighted by atomic mass is 9.86. The van der Waals surface area contributed by atoms with Crippen molar-refractivity contribution >= 4 is 22.7 Å². The number of nitrogens with one attached hydrogen (secondary N) is 1. The van der Waals surface area contributed by atoms with E-state index in [0.29, 0.717) is 11.6 Å². The van der Waals surface area contributed by atoms with Gasteiger partial charge in [-0.2, -0.15) is 24.9 Å². The fourth-order valence-electron chi connectivity index (χ4n) is 3.83. The number of aromatic nitrogens is 1. The number of H-pyrrole nitrogens is 1. The summed E-state index contributed by atoms with van der Waals surface area (Å²) in [4.78, 5) is 3.31. The summed E-state index contributed by atoms with van der Waals surface area (Å²) >= 11 is 1.72. The third-order valence-corrected chi connectivity index (χ3v) is 5.82. The molecule has 4 rings (SSSR count). The Bertz CT molecular complexity index is 972. The quantitative estimate of drug-likeness (QED) is 0.475. The van der Waals surface area contributed by atoms with Crippen LogP contribution in [0.25, 0.3) is 10.9 Å². The van der Waals surface area contributed by atoms with E-state index in [9.17, 15) is 17.6 Å². The molecule has 1 saturated carbocycles. The molecule has 1 aromatic heterocycles. The molecule has 0 radical (unpaired) electrons. The molecule has 1 heterocycles. The number of aromatic amines is 1. The fraction of sp³-hybridized carbons (Fsp3) is 0.333. The summed E-state index contributed by atoms with van der Waals surface area (Å²) in [6.07, 6.45) is 1.31. The molecule has 3 aromatic rings. The summed E-state index contributed by atoms with van der Waals surface area (Å²) in [6.45, 7) is 0. The van der Waals surface area contributed by atoms with Crippen molar-refractivity contribution in [1.29, 1.82) is 0 Å². The van der Waals surface area contributed by atoms with E-state index in [1.165, 1.54) is 11.6 Å². The normalized spacial score (nSPS) is 16.0. The van der Waals surface area contributed by atoms with Crippen molar-refractivity contribution in [1.82, 2.24) is 4.98 Å². The summed E-state index contributed by atoms with van der Waals surface area (Å²) in [5, 5.41) is 1.03. The number of benzene rings is 2. The average molecular weight is 393 g/mol. The van der Waals surface area contributed by atoms with Gasteiger partial charge in [-0.05, 0) is 53.8 Å². The van der Waals surface area contributed by atoms with Crippen LogP contribution >= 0.6 is 11.8 Å². The molecule has 0 aliphatic heterocycles. The van der Waals surface area contributed by atoms with Crippen molar-refractivity contribution in [3.63, 3.8) is 0 Å². The number of para-hydroxylation sites is 1. The van der Waals surface area contributed by atoms with E-state index in [1.807, 2.05) is 24.6 Å². The van der Waals surface area contributed by atoms with Crippen LogP contribution in [-0.4, -0.2) is 11.2 Å². The summed E-state index contributed by atoms with van der Waals surface area (Å²) in [6, 6.07) is 8.97. The Morgan fingerprint density at radius 3 is 2.56 bits per heavy atom. The van der Waals surface area contributed by atoms with Crippen LogP contribution in [0.3, 0.4) is 0 Å². The molecule has 0 saturated heterocycles. The lowest BCUT2D eigenvalue weighted by Crippen LogP contribution is -2.10. The zero-order valence-corrected chi connectivity index (χ0v) is 15.6. The molecule has 142 valence electrons. The molecule has 0 spiro atoms. The van der Waals surface area contributed by atoms with Crippen molar-refractivity contribution in [3.8, 4) is 0 Å². The van der Waals surface area contributed by atoms with Crippen LogP contribution in [0.15, 0.2) is 42.6 Å². The van der Waals surface area contributed by atoms with E-state index in [4.69, 9.17) is 0 Å². The van der Waals surface area contributed by atoms with E-state index in [-0.39, 0.29) is 11.8 Å². The van der Waals surface area contributed by atoms with Crippen LogP contribution in [0.5, 0.6) is 0 Å². The zero-order chi connectivity index (χ0) is 19.2. The minimum Gasteiger partial charge on any atom is -0.361 e. The van der Waals surface area contributed by atoms with Crippen LogP contribution in [0, 0.1) is 11.7 Å². The van der Waals surface area contributed by atoms with Crippen molar-refractivity contribution < 1.29 is 17.6 Å². The van der Waals surface area contributed by atoms with Gasteiger partial charge in [0.15, 0.2) is 0 Å². The van der Waals surface area contributed by atoms with Gasteiger partial charge in [0.25, 0.3) is 0 Å². The Hall–Kier alpha value is -1.95. The second kappa shape index (κ2) is 6.89. The maximum Gasteiger partial charge on any atom is 0.416 e. The van der Waals surface area contributed by atoms with Gasteiger partial charge in [-0.1, -0.05) is 24.3 Å². The highest BCUT2D eigenvalue weighted by Crippen LogP contribution is 2.49. The molecule has 1 fully saturated rings. The molecule has 1 N–H and O–H groups in total. The van der Waals surface area contributed by atoms with Gasteiger partial charge >= 0.3 is 6.18 Å². The monoisotopic (exact) mass is 393 g/mol. The van der Waals surface area contributed by atoms with E-state index in [1.54, 1.807) is 11.8 Å². The van der Waals surface area contributed by atoms with Crippen molar-refractivity contribution in [3.05, 3.63) is 70.7 Å². The molecule has 0 amide bonds. The predicted octanol–water partition coefficient (Wildman–Crippen LogP) is 6.73. The van der Waals surface area contributed by atoms with E-state index >= 15 is 0 Å². The zero-order valence-electron chi connectivity index (χ0n) is 14.7. The Kier molecular flexibility index (Phi) is 4.70. The number of thioether (sulfide) groups is 1. The third-order valence-electron chi connectivity index (χ3n) is 5.22. The highest BCUT2D eigenvalue weighted by Gasteiger charge is 2.38. The smallest absolute Gasteiger partial charge is 0.361 e. The first-order chi connectivity index (χ1) is 12.9. The molecule has 1 aliphatic rings. The van der Waals surface area contributed by atoms with Crippen LogP contribution in [-0.2, 0) is 11.9 Å². The van der Waals surface area contributed by atoms with Crippen LogP contribution in [0.4, 0.5) is 17.6 Å². The Morgan fingerprint density at radius 1 is 1.15 bits per heavy atom. The van der Waals surface area contributed by atoms with Gasteiger partial charge in [-0.25, -0.2) is 4.39 Å². The molecular formula is C21H19F4NS. The first-order valence-corrected chi connectivity index (χ1v) is 10.2. The van der Waals surface area contributed by atoms with Crippen molar-refractivity contribution in [2.45, 2.75) is 30.7 Å². The number of hydrogen-bond donors (Lipinski definition) is 1. The molecule has 6 heteroatoms. The highest BCUT2D eigenvalue weighted by atomic mass is 32.2. The molecule has 1 nitrogen and oxygen atoms in total. The third kappa shape index (κ3) is 3.47. The first kappa shape index (κ1) is 18.4. The first-order valence-electron chi connectivity index (χ1n) is 8.84. The van der Waals surface area contributed by atoms with Gasteiger partial charge in [0.1, 0.15) is 5.82 Å². The lowest BCUT2D eigenvalue weighted by molar-refractivity contribution is -0.137. The van der Waals surface area contributed by atoms with Gasteiger partial charge < -0.3 is 4.98 Å². The summed E-state index contributed by atoms with van der Waals surface area (Å²) < 4.78 is 53.4. The molecular weight excluding hydrogens is 374 g/mol. The second-order valence-corrected chi connectivity index (χ2v) is 7.93. The van der Waals surface area contributed by atoms with Gasteiger partial charge in [0, 0.05) is 28.8 Å². The van der Waals surface area contributed by atoms with Gasteiger partial charge in [-0.15, -0.1) is 0 Å². The number of fused-ring (bicyclic) bond motifs is 1. The fourth-order valence-corrected chi connectivity index (χ4v) is 4.38. The van der Waals surface area contributed by atoms with E-state index in [2.05, 4.69) is 11.1 Å². The highest BCUT2D eigenvalue weighted by molar-refractivity contribution is 7.97. The van der Waals surface area contributed by atoms with Gasteiger partial charge in [0.2, 0.25) is 0 Å². The minimum absolute atomic E-state index is 0.231. The molecule has 27 heavy (non-hydrogen) atoms. The van der Waals surface area contributed by atoms with Gasteiger partial charge in [-0.3, -0.25) is 0 Å². The van der Waals surface area contributed by atoms with Crippen LogP contribution < -0.4 is 0 Å². The number of hydrogen-bond acceptors (Lipinski definition) is 1. The standard InChI is InChI=1S/C21H19F4NS/c1-27-11-13-3-2-4-15-17(10-26-20(13)15)19(12-5-6-12)16-8-7-14(9-18(16)22)21(23,24)25/h2-4,7-10,12,19,26H,5-6,11H2,1H3. The average Bonchev–Trinajstić information content (AvgIpc) is 3.36. The van der Waals surface area contributed by atoms with Gasteiger partial charge in [0.05, 0.1) is 5.56 Å². The number of halogens is 4. The van der Waals surface area contributed by atoms with E-state index < -0.39 is 17.6 Å². The summed E-state index contributed by atoms with van der Waals surface area (Å²) in [5.41, 5.74) is 2.57. The van der Waals surface area contributed by atoms with Crippen LogP contribution in [0.1, 0.15) is 41.0 Å². The largest absolute Gasteiger partial charge is 0.416 e. The Labute approximate surface area is 159 Å². The Balaban J connectivity index is 1.81. The SMILES string of the molecule is CSCc1cccc2c(C(c3ccc(C(F)(F)F)cc3F)C3CC3)c[nH]c12. The second-order valence-electron chi connectivity index (χ2n) is 7.07. The number of rotatable bonds is 5. The maximum absolute atomic E-state index is 14.7. The maximum atomic E-state index is 14.7. The summed E-state index contributed by atoms with van der Waals surface area (Å²) in [7, 11) is 0. The summed E-state index contributed by atoms with van der Waals surface area (Å²) in [5.74, 6) is 0.112. The van der Waals surface area contributed by atoms with Crippen molar-refractivity contribution in [2.75, 3.05) is 6.26 Å². The Morgan fingerprint density at radius 2 is 1.93 bits per heavy atom. The molecule has 1 unspecified atom stereocenters. The molecule has 1 aliphatic carbocycles. The van der Waals surface area contributed by atoms with Crippen molar-refractivity contribution in [2.24, 2.45) is 5.92 Å². The molecule has 0 bridgehead atoms. The lowest BCUT2D eigenvalue weighted by Gasteiger charge is -2.19. The topological polar surface area (TPSA) is 15.8 Å². The molecule has 1 atom stereocenters. The predicted molar refractivity (Wildman–Crippen MR) is 101 cm³/mol. The molecule has 2 aromatic carbocycles. The van der Waals surface area contributed by atoms with Crippen LogP contribution in [0.2, 0.25) is 0 Å². The minimum atomic E-state index is -4.54.